The molecule has 2 aliphatic rings. The summed E-state index contributed by atoms with van der Waals surface area (Å²) in [5.41, 5.74) is 2.34. The topological polar surface area (TPSA) is 23.5 Å². The van der Waals surface area contributed by atoms with Crippen LogP contribution < -0.4 is 0 Å². The van der Waals surface area contributed by atoms with E-state index in [0.717, 1.165) is 23.8 Å². The second kappa shape index (κ2) is 6.65. The molecule has 21 heavy (non-hydrogen) atoms. The van der Waals surface area contributed by atoms with Gasteiger partial charge in [-0.25, -0.2) is 0 Å². The smallest absolute Gasteiger partial charge is 0.118 e. The molecule has 1 aliphatic heterocycles. The van der Waals surface area contributed by atoms with E-state index < -0.39 is 0 Å². The first-order valence-electron chi connectivity index (χ1n) is 8.40. The molecule has 0 radical (unpaired) electrons. The van der Waals surface area contributed by atoms with Crippen molar-refractivity contribution in [1.29, 1.82) is 0 Å². The minimum absolute atomic E-state index is 0.408. The van der Waals surface area contributed by atoms with Gasteiger partial charge in [-0.2, -0.15) is 0 Å². The molecule has 0 saturated carbocycles. The molecule has 1 N–H and O–H groups in total. The maximum Gasteiger partial charge on any atom is 0.118 e. The van der Waals surface area contributed by atoms with Crippen LogP contribution in [0.4, 0.5) is 0 Å². The van der Waals surface area contributed by atoms with Crippen molar-refractivity contribution in [3.63, 3.8) is 0 Å². The number of hydrogen-bond donors (Lipinski definition) is 1. The van der Waals surface area contributed by atoms with E-state index in [2.05, 4.69) is 29.2 Å². The van der Waals surface area contributed by atoms with Gasteiger partial charge in [0.25, 0.3) is 0 Å². The Morgan fingerprint density at radius 3 is 3.05 bits per heavy atom. The first-order valence-corrected chi connectivity index (χ1v) is 8.40. The summed E-state index contributed by atoms with van der Waals surface area (Å²) in [7, 11) is 0. The molecule has 114 valence electrons. The molecule has 0 spiro atoms. The van der Waals surface area contributed by atoms with Crippen LogP contribution in [0.25, 0.3) is 0 Å². The normalized spacial score (nSPS) is 25.8. The Balaban J connectivity index is 1.45. The molecule has 1 aliphatic carbocycles. The third-order valence-corrected chi connectivity index (χ3v) is 5.17. The van der Waals surface area contributed by atoms with Crippen molar-refractivity contribution in [3.05, 3.63) is 41.5 Å². The van der Waals surface area contributed by atoms with E-state index in [1.54, 1.807) is 0 Å². The lowest BCUT2D eigenvalue weighted by Gasteiger charge is -2.39. The third kappa shape index (κ3) is 3.68. The lowest BCUT2D eigenvalue weighted by atomic mass is 9.79. The van der Waals surface area contributed by atoms with Gasteiger partial charge in [-0.1, -0.05) is 24.3 Å². The molecule has 1 saturated heterocycles. The van der Waals surface area contributed by atoms with Gasteiger partial charge in [0.15, 0.2) is 0 Å². The van der Waals surface area contributed by atoms with E-state index in [0.29, 0.717) is 5.75 Å². The predicted molar refractivity (Wildman–Crippen MR) is 87.6 cm³/mol. The van der Waals surface area contributed by atoms with Gasteiger partial charge in [0.2, 0.25) is 0 Å². The Morgan fingerprint density at radius 1 is 1.29 bits per heavy atom. The number of benzene rings is 1. The van der Waals surface area contributed by atoms with Crippen molar-refractivity contribution in [2.45, 2.75) is 39.0 Å². The summed E-state index contributed by atoms with van der Waals surface area (Å²) in [6.45, 7) is 5.75. The lowest BCUT2D eigenvalue weighted by Crippen LogP contribution is -2.41. The highest BCUT2D eigenvalue weighted by Crippen LogP contribution is 2.32. The van der Waals surface area contributed by atoms with E-state index in [4.69, 9.17) is 0 Å². The molecular weight excluding hydrogens is 258 g/mol. The number of phenols is 1. The lowest BCUT2D eigenvalue weighted by molar-refractivity contribution is 0.130. The van der Waals surface area contributed by atoms with Gasteiger partial charge in [0.05, 0.1) is 0 Å². The van der Waals surface area contributed by atoms with Gasteiger partial charge in [-0.15, -0.1) is 0 Å². The zero-order valence-corrected chi connectivity index (χ0v) is 13.1. The van der Waals surface area contributed by atoms with Crippen LogP contribution in [0.1, 0.15) is 36.8 Å². The summed E-state index contributed by atoms with van der Waals surface area (Å²) in [4.78, 5) is 2.66. The highest BCUT2D eigenvalue weighted by molar-refractivity contribution is 5.34. The van der Waals surface area contributed by atoms with Crippen LogP contribution in [0.3, 0.4) is 0 Å². The van der Waals surface area contributed by atoms with E-state index in [9.17, 15) is 5.11 Å². The van der Waals surface area contributed by atoms with Crippen molar-refractivity contribution in [3.8, 4) is 5.75 Å². The fourth-order valence-electron chi connectivity index (χ4n) is 3.85. The van der Waals surface area contributed by atoms with Crippen molar-refractivity contribution in [2.24, 2.45) is 11.8 Å². The van der Waals surface area contributed by atoms with Crippen molar-refractivity contribution in [1.82, 2.24) is 4.90 Å². The van der Waals surface area contributed by atoms with Crippen LogP contribution in [0.15, 0.2) is 30.4 Å². The van der Waals surface area contributed by atoms with Gasteiger partial charge in [0.1, 0.15) is 5.75 Å². The molecule has 1 aromatic carbocycles. The second-order valence-electron chi connectivity index (χ2n) is 6.74. The van der Waals surface area contributed by atoms with Gasteiger partial charge in [-0.05, 0) is 81.1 Å². The summed E-state index contributed by atoms with van der Waals surface area (Å²) in [6.07, 6.45) is 11.2. The van der Waals surface area contributed by atoms with Crippen LogP contribution in [0, 0.1) is 18.8 Å². The molecule has 2 unspecified atom stereocenters. The number of hydrogen-bond acceptors (Lipinski definition) is 2. The fraction of sp³-hybridized carbons (Fsp3) is 0.579. The van der Waals surface area contributed by atoms with Gasteiger partial charge >= 0.3 is 0 Å². The first kappa shape index (κ1) is 14.6. The predicted octanol–water partition coefficient (Wildman–Crippen LogP) is 3.92. The van der Waals surface area contributed by atoms with E-state index in [1.807, 2.05) is 13.0 Å². The molecule has 1 fully saturated rings. The fourth-order valence-corrected chi connectivity index (χ4v) is 3.85. The molecule has 0 amide bonds. The van der Waals surface area contributed by atoms with Crippen LogP contribution in [0.5, 0.6) is 5.75 Å². The zero-order valence-electron chi connectivity index (χ0n) is 13.1. The Kier molecular flexibility index (Phi) is 4.64. The summed E-state index contributed by atoms with van der Waals surface area (Å²) in [5.74, 6) is 2.17. The number of aryl methyl sites for hydroxylation is 2. The van der Waals surface area contributed by atoms with Crippen molar-refractivity contribution < 1.29 is 5.11 Å². The quantitative estimate of drug-likeness (QED) is 0.848. The zero-order chi connectivity index (χ0) is 14.7. The third-order valence-electron chi connectivity index (χ3n) is 5.17. The Bertz CT molecular complexity index is 508. The molecule has 2 heteroatoms. The number of likely N-dealkylation sites (tertiary alicyclic amines) is 1. The van der Waals surface area contributed by atoms with E-state index in [1.165, 1.54) is 50.9 Å². The minimum Gasteiger partial charge on any atom is -0.508 e. The Morgan fingerprint density at radius 2 is 2.19 bits per heavy atom. The van der Waals surface area contributed by atoms with E-state index >= 15 is 0 Å². The summed E-state index contributed by atoms with van der Waals surface area (Å²) >= 11 is 0. The molecule has 2 atom stereocenters. The molecule has 0 bridgehead atoms. The number of aromatic hydroxyl groups is 1. The molecule has 2 nitrogen and oxygen atoms in total. The van der Waals surface area contributed by atoms with Crippen LogP contribution >= 0.6 is 0 Å². The number of nitrogens with zero attached hydrogens (tertiary/aromatic N) is 1. The average Bonchev–Trinajstić information content (AvgIpc) is 2.51. The molecule has 0 aromatic heterocycles. The summed E-state index contributed by atoms with van der Waals surface area (Å²) in [6, 6.07) is 6.00. The molecular formula is C19H27NO. The number of allylic oxidation sites excluding steroid dienone is 2. The molecule has 3 rings (SSSR count). The van der Waals surface area contributed by atoms with Crippen LogP contribution in [-0.4, -0.2) is 29.6 Å². The monoisotopic (exact) mass is 285 g/mol. The molecule has 1 heterocycles. The van der Waals surface area contributed by atoms with Crippen LogP contribution in [0.2, 0.25) is 0 Å². The minimum atomic E-state index is 0.408. The Labute approximate surface area is 128 Å². The van der Waals surface area contributed by atoms with Gasteiger partial charge < -0.3 is 10.0 Å². The van der Waals surface area contributed by atoms with Crippen LogP contribution in [-0.2, 0) is 6.42 Å². The maximum absolute atomic E-state index is 9.57. The second-order valence-corrected chi connectivity index (χ2v) is 6.74. The standard InChI is InChI=1S/C19H27NO/c1-15-13-16(8-9-19(15)21)5-4-11-20-12-10-17-6-2-3-7-18(17)14-20/h2,6,8-9,13,17-18,21H,3-5,7,10-12,14H2,1H3. The van der Waals surface area contributed by atoms with Crippen molar-refractivity contribution in [2.75, 3.05) is 19.6 Å². The number of rotatable bonds is 4. The summed E-state index contributed by atoms with van der Waals surface area (Å²) in [5, 5.41) is 9.57. The summed E-state index contributed by atoms with van der Waals surface area (Å²) < 4.78 is 0. The first-order chi connectivity index (χ1) is 10.2. The maximum atomic E-state index is 9.57. The average molecular weight is 285 g/mol. The largest absolute Gasteiger partial charge is 0.508 e. The van der Waals surface area contributed by atoms with Crippen molar-refractivity contribution >= 4 is 0 Å². The SMILES string of the molecule is Cc1cc(CCCN2CCC3C=CCCC3C2)ccc1O. The number of fused-ring (bicyclic) bond motifs is 1. The van der Waals surface area contributed by atoms with E-state index in [-0.39, 0.29) is 0 Å². The molecule has 1 aromatic rings. The van der Waals surface area contributed by atoms with Gasteiger partial charge in [0, 0.05) is 6.54 Å². The Hall–Kier alpha value is -1.28. The highest BCUT2D eigenvalue weighted by atomic mass is 16.3. The highest BCUT2D eigenvalue weighted by Gasteiger charge is 2.28. The van der Waals surface area contributed by atoms with Gasteiger partial charge in [-0.3, -0.25) is 0 Å². The number of piperidine rings is 1. The number of phenolic OH excluding ortho intramolecular Hbond substituents is 1.